The summed E-state index contributed by atoms with van der Waals surface area (Å²) in [6.45, 7) is 5.26. The molecule has 9 heteroatoms. The Kier molecular flexibility index (Phi) is 5.75. The zero-order chi connectivity index (χ0) is 22.1. The summed E-state index contributed by atoms with van der Waals surface area (Å²) >= 11 is 7.72. The predicted octanol–water partition coefficient (Wildman–Crippen LogP) is 5.33. The first kappa shape index (κ1) is 21.0. The molecule has 1 N–H and O–H groups in total. The van der Waals surface area contributed by atoms with Crippen molar-refractivity contribution in [3.05, 3.63) is 69.3 Å². The monoisotopic (exact) mass is 454 g/mol. The van der Waals surface area contributed by atoms with Crippen LogP contribution in [-0.4, -0.2) is 27.1 Å². The molecule has 4 rings (SSSR count). The fraction of sp³-hybridized carbons (Fsp3) is 0.182. The normalized spacial score (nSPS) is 11.0. The van der Waals surface area contributed by atoms with Gasteiger partial charge >= 0.3 is 5.97 Å². The molecule has 0 spiro atoms. The number of aromatic nitrogens is 3. The Morgan fingerprint density at radius 1 is 1.23 bits per heavy atom. The van der Waals surface area contributed by atoms with Crippen LogP contribution in [0.1, 0.15) is 34.2 Å². The van der Waals surface area contributed by atoms with Gasteiger partial charge in [0.25, 0.3) is 0 Å². The molecule has 2 aromatic carbocycles. The van der Waals surface area contributed by atoms with E-state index < -0.39 is 5.97 Å². The summed E-state index contributed by atoms with van der Waals surface area (Å²) in [7, 11) is 0. The molecule has 0 bridgehead atoms. The zero-order valence-corrected chi connectivity index (χ0v) is 18.7. The maximum Gasteiger partial charge on any atom is 0.359 e. The standard InChI is InChI=1S/C22H19ClN4O3S/c1-12-8-13(2)20(17(23)9-12)27(14(3)28)22-24-15(11-31-22)10-30-21(29)19-16-6-4-5-7-18(16)25-26-19/h4-9,11H,10H2,1-3H3,(H,25,26). The molecule has 4 aromatic rings. The zero-order valence-electron chi connectivity index (χ0n) is 17.1. The SMILES string of the molecule is CC(=O)N(c1nc(COC(=O)c2n[nH]c3ccccc23)cs1)c1c(C)cc(C)cc1Cl. The first-order valence-electron chi connectivity index (χ1n) is 9.47. The number of hydrogen-bond acceptors (Lipinski definition) is 6. The second-order valence-electron chi connectivity index (χ2n) is 7.08. The largest absolute Gasteiger partial charge is 0.454 e. The third-order valence-corrected chi connectivity index (χ3v) is 5.85. The van der Waals surface area contributed by atoms with E-state index in [2.05, 4.69) is 15.2 Å². The predicted molar refractivity (Wildman–Crippen MR) is 121 cm³/mol. The Morgan fingerprint density at radius 3 is 2.74 bits per heavy atom. The van der Waals surface area contributed by atoms with Crippen LogP contribution in [0.15, 0.2) is 41.8 Å². The lowest BCUT2D eigenvalue weighted by atomic mass is 10.1. The molecular weight excluding hydrogens is 436 g/mol. The Labute approximate surface area is 187 Å². The number of fused-ring (bicyclic) bond motifs is 1. The fourth-order valence-corrected chi connectivity index (χ4v) is 4.63. The minimum absolute atomic E-state index is 0.0388. The van der Waals surface area contributed by atoms with E-state index in [-0.39, 0.29) is 18.2 Å². The summed E-state index contributed by atoms with van der Waals surface area (Å²) in [5.74, 6) is -0.761. The molecule has 0 fully saturated rings. The van der Waals surface area contributed by atoms with Crippen molar-refractivity contribution in [2.24, 2.45) is 0 Å². The molecule has 0 atom stereocenters. The topological polar surface area (TPSA) is 88.2 Å². The number of benzene rings is 2. The number of nitrogens with one attached hydrogen (secondary N) is 1. The summed E-state index contributed by atoms with van der Waals surface area (Å²) in [6, 6.07) is 11.1. The average Bonchev–Trinajstić information content (AvgIpc) is 3.35. The molecule has 0 aliphatic carbocycles. The van der Waals surface area contributed by atoms with Crippen LogP contribution in [0.2, 0.25) is 5.02 Å². The second-order valence-corrected chi connectivity index (χ2v) is 8.33. The molecule has 0 radical (unpaired) electrons. The van der Waals surface area contributed by atoms with Crippen LogP contribution in [0.5, 0.6) is 0 Å². The van der Waals surface area contributed by atoms with Gasteiger partial charge in [0.1, 0.15) is 6.61 Å². The number of anilines is 2. The van der Waals surface area contributed by atoms with Gasteiger partial charge in [-0.05, 0) is 37.1 Å². The number of amides is 1. The molecule has 0 aliphatic rings. The summed E-state index contributed by atoms with van der Waals surface area (Å²) in [6.07, 6.45) is 0. The number of halogens is 1. The van der Waals surface area contributed by atoms with Gasteiger partial charge in [-0.25, -0.2) is 9.78 Å². The van der Waals surface area contributed by atoms with Crippen LogP contribution < -0.4 is 4.90 Å². The van der Waals surface area contributed by atoms with Gasteiger partial charge < -0.3 is 4.74 Å². The van der Waals surface area contributed by atoms with Crippen LogP contribution in [0.25, 0.3) is 10.9 Å². The quantitative estimate of drug-likeness (QED) is 0.411. The van der Waals surface area contributed by atoms with Crippen molar-refractivity contribution < 1.29 is 14.3 Å². The van der Waals surface area contributed by atoms with Gasteiger partial charge in [0.15, 0.2) is 10.8 Å². The molecule has 0 saturated heterocycles. The maximum atomic E-state index is 12.5. The minimum Gasteiger partial charge on any atom is -0.454 e. The number of ether oxygens (including phenoxy) is 1. The number of aryl methyl sites for hydroxylation is 2. The summed E-state index contributed by atoms with van der Waals surface area (Å²) in [5, 5.41) is 10.2. The van der Waals surface area contributed by atoms with E-state index in [1.54, 1.807) is 11.4 Å². The van der Waals surface area contributed by atoms with Crippen molar-refractivity contribution in [3.8, 4) is 0 Å². The number of hydrogen-bond donors (Lipinski definition) is 1. The molecule has 31 heavy (non-hydrogen) atoms. The van der Waals surface area contributed by atoms with Crippen molar-refractivity contribution in [3.63, 3.8) is 0 Å². The van der Waals surface area contributed by atoms with Gasteiger partial charge in [0, 0.05) is 17.7 Å². The van der Waals surface area contributed by atoms with E-state index in [1.165, 1.54) is 23.2 Å². The molecule has 2 aromatic heterocycles. The van der Waals surface area contributed by atoms with Gasteiger partial charge in [-0.2, -0.15) is 5.10 Å². The van der Waals surface area contributed by atoms with Crippen molar-refractivity contribution in [1.82, 2.24) is 15.2 Å². The highest BCUT2D eigenvalue weighted by molar-refractivity contribution is 7.14. The molecule has 2 heterocycles. The van der Waals surface area contributed by atoms with Crippen LogP contribution >= 0.6 is 22.9 Å². The van der Waals surface area contributed by atoms with Crippen LogP contribution in [0.4, 0.5) is 10.8 Å². The van der Waals surface area contributed by atoms with E-state index in [0.717, 1.165) is 16.6 Å². The van der Waals surface area contributed by atoms with Gasteiger partial charge in [-0.3, -0.25) is 14.8 Å². The van der Waals surface area contributed by atoms with Crippen molar-refractivity contribution >= 4 is 56.5 Å². The number of para-hydroxylation sites is 1. The van der Waals surface area contributed by atoms with Crippen molar-refractivity contribution in [2.45, 2.75) is 27.4 Å². The summed E-state index contributed by atoms with van der Waals surface area (Å²) in [5.41, 5.74) is 3.98. The number of esters is 1. The smallest absolute Gasteiger partial charge is 0.359 e. The van der Waals surface area contributed by atoms with Gasteiger partial charge in [-0.1, -0.05) is 35.9 Å². The van der Waals surface area contributed by atoms with Gasteiger partial charge in [-0.15, -0.1) is 11.3 Å². The van der Waals surface area contributed by atoms with Crippen LogP contribution in [0, 0.1) is 13.8 Å². The lowest BCUT2D eigenvalue weighted by Gasteiger charge is -2.22. The number of rotatable bonds is 5. The molecule has 0 aliphatic heterocycles. The summed E-state index contributed by atoms with van der Waals surface area (Å²) in [4.78, 5) is 30.9. The van der Waals surface area contributed by atoms with E-state index in [9.17, 15) is 9.59 Å². The Morgan fingerprint density at radius 2 is 2.00 bits per heavy atom. The molecule has 0 saturated carbocycles. The lowest BCUT2D eigenvalue weighted by molar-refractivity contribution is -0.115. The Bertz CT molecular complexity index is 1270. The Balaban J connectivity index is 1.54. The number of carbonyl (C=O) groups is 2. The number of aromatic amines is 1. The van der Waals surface area contributed by atoms with Gasteiger partial charge in [0.05, 0.1) is 21.9 Å². The van der Waals surface area contributed by atoms with Gasteiger partial charge in [0.2, 0.25) is 5.91 Å². The highest BCUT2D eigenvalue weighted by Gasteiger charge is 2.23. The third kappa shape index (κ3) is 4.17. The van der Waals surface area contributed by atoms with Crippen molar-refractivity contribution in [2.75, 3.05) is 4.90 Å². The van der Waals surface area contributed by atoms with Crippen molar-refractivity contribution in [1.29, 1.82) is 0 Å². The number of carbonyl (C=O) groups excluding carboxylic acids is 2. The second kappa shape index (κ2) is 8.49. The molecule has 158 valence electrons. The Hall–Kier alpha value is -3.23. The lowest BCUT2D eigenvalue weighted by Crippen LogP contribution is -2.24. The number of nitrogens with zero attached hydrogens (tertiary/aromatic N) is 3. The highest BCUT2D eigenvalue weighted by Crippen LogP contribution is 2.37. The highest BCUT2D eigenvalue weighted by atomic mass is 35.5. The van der Waals surface area contributed by atoms with E-state index >= 15 is 0 Å². The van der Waals surface area contributed by atoms with Crippen LogP contribution in [0.3, 0.4) is 0 Å². The maximum absolute atomic E-state index is 12.5. The molecule has 0 unspecified atom stereocenters. The molecule has 7 nitrogen and oxygen atoms in total. The first-order valence-corrected chi connectivity index (χ1v) is 10.7. The first-order chi connectivity index (χ1) is 14.8. The fourth-order valence-electron chi connectivity index (χ4n) is 3.37. The average molecular weight is 455 g/mol. The van der Waals surface area contributed by atoms with E-state index in [1.807, 2.05) is 44.2 Å². The van der Waals surface area contributed by atoms with E-state index in [4.69, 9.17) is 16.3 Å². The van der Waals surface area contributed by atoms with E-state index in [0.29, 0.717) is 26.9 Å². The molecule has 1 amide bonds. The third-order valence-electron chi connectivity index (χ3n) is 4.68. The minimum atomic E-state index is -0.548. The number of thiazole rings is 1. The molecular formula is C22H19ClN4O3S. The number of H-pyrrole nitrogens is 1. The van der Waals surface area contributed by atoms with Crippen LogP contribution in [-0.2, 0) is 16.1 Å². The summed E-state index contributed by atoms with van der Waals surface area (Å²) < 4.78 is 5.40.